The fraction of sp³-hybridized carbons (Fsp3) is 0. The van der Waals surface area contributed by atoms with Gasteiger partial charge in [0, 0.05) is 0 Å². The quantitative estimate of drug-likeness (QED) is 0.154. The zero-order valence-corrected chi connectivity index (χ0v) is 24.5. The summed E-state index contributed by atoms with van der Waals surface area (Å²) >= 11 is 0. The summed E-state index contributed by atoms with van der Waals surface area (Å²) in [5.41, 5.74) is 5.29. The predicted molar refractivity (Wildman–Crippen MR) is 179 cm³/mol. The van der Waals surface area contributed by atoms with Crippen molar-refractivity contribution in [3.63, 3.8) is 0 Å². The number of azo groups is 3. The van der Waals surface area contributed by atoms with Crippen molar-refractivity contribution in [3.8, 4) is 5.75 Å². The van der Waals surface area contributed by atoms with Crippen LogP contribution in [0.2, 0.25) is 0 Å². The van der Waals surface area contributed by atoms with Crippen molar-refractivity contribution in [3.05, 3.63) is 164 Å². The van der Waals surface area contributed by atoms with Crippen molar-refractivity contribution in [2.24, 2.45) is 30.7 Å². The Morgan fingerprint density at radius 1 is 0.370 bits per heavy atom. The lowest BCUT2D eigenvalue weighted by atomic mass is 10.2. The van der Waals surface area contributed by atoms with Crippen LogP contribution < -0.4 is 9.64 Å². The van der Waals surface area contributed by atoms with Crippen molar-refractivity contribution in [1.29, 1.82) is 0 Å². The first-order valence-electron chi connectivity index (χ1n) is 14.4. The van der Waals surface area contributed by atoms with E-state index in [0.29, 0.717) is 34.2 Å². The first-order valence-corrected chi connectivity index (χ1v) is 14.4. The highest BCUT2D eigenvalue weighted by molar-refractivity contribution is 5.97. The zero-order valence-electron chi connectivity index (χ0n) is 24.5. The molecule has 0 bridgehead atoms. The Morgan fingerprint density at radius 3 is 0.978 bits per heavy atom. The van der Waals surface area contributed by atoms with E-state index >= 15 is 0 Å². The average Bonchev–Trinajstić information content (AvgIpc) is 3.12. The van der Waals surface area contributed by atoms with Crippen LogP contribution in [0.3, 0.4) is 0 Å². The third kappa shape index (κ3) is 8.06. The van der Waals surface area contributed by atoms with E-state index < -0.39 is 6.09 Å². The molecule has 0 aromatic heterocycles. The normalized spacial score (nSPS) is 11.3. The monoisotopic (exact) mass is 601 g/mol. The molecule has 1 amide bonds. The number of anilines is 2. The molecule has 0 N–H and O–H groups in total. The van der Waals surface area contributed by atoms with E-state index in [9.17, 15) is 4.79 Å². The predicted octanol–water partition coefficient (Wildman–Crippen LogP) is 12.3. The molecule has 6 rings (SSSR count). The smallest absolute Gasteiger partial charge is 0.410 e. The summed E-state index contributed by atoms with van der Waals surface area (Å²) in [5, 5.41) is 25.7. The van der Waals surface area contributed by atoms with Crippen LogP contribution in [0.4, 0.5) is 50.3 Å². The number of nitrogens with zero attached hydrogens (tertiary/aromatic N) is 7. The number of hydrogen-bond donors (Lipinski definition) is 0. The molecule has 6 aromatic rings. The van der Waals surface area contributed by atoms with Gasteiger partial charge in [-0.3, -0.25) is 0 Å². The van der Waals surface area contributed by atoms with E-state index in [0.717, 1.165) is 17.1 Å². The number of benzene rings is 6. The highest BCUT2D eigenvalue weighted by Crippen LogP contribution is 2.32. The molecule has 0 atom stereocenters. The standard InChI is InChI=1S/C37H27N7O2/c45-37(46-36-26-20-33(21-27-36)43-40-30-14-8-3-9-15-30)44(34-22-16-31(17-23-34)41-38-28-10-4-1-5-11-28)35-24-18-32(19-25-35)42-39-29-12-6-2-7-13-29/h1-27H. The van der Waals surface area contributed by atoms with Gasteiger partial charge in [-0.1, -0.05) is 54.6 Å². The molecule has 9 heteroatoms. The number of ether oxygens (including phenoxy) is 1. The number of carbonyl (C=O) groups is 1. The van der Waals surface area contributed by atoms with Crippen LogP contribution in [-0.2, 0) is 0 Å². The fourth-order valence-corrected chi connectivity index (χ4v) is 4.25. The molecule has 222 valence electrons. The minimum atomic E-state index is -0.601. The second-order valence-electron chi connectivity index (χ2n) is 9.84. The SMILES string of the molecule is O=C(Oc1ccc(N=Nc2ccccc2)cc1)N(c1ccc(N=Nc2ccccc2)cc1)c1ccc(N=Nc2ccccc2)cc1. The molecule has 0 unspecified atom stereocenters. The summed E-state index contributed by atoms with van der Waals surface area (Å²) in [7, 11) is 0. The van der Waals surface area contributed by atoms with E-state index in [4.69, 9.17) is 4.74 Å². The minimum Gasteiger partial charge on any atom is -0.410 e. The second kappa shape index (κ2) is 14.7. The summed E-state index contributed by atoms with van der Waals surface area (Å²) < 4.78 is 5.81. The highest BCUT2D eigenvalue weighted by atomic mass is 16.6. The Kier molecular flexibility index (Phi) is 9.43. The molecular formula is C37H27N7O2. The Morgan fingerprint density at radius 2 is 0.652 bits per heavy atom. The lowest BCUT2D eigenvalue weighted by Gasteiger charge is -2.22. The maximum atomic E-state index is 13.7. The molecular weight excluding hydrogens is 574 g/mol. The van der Waals surface area contributed by atoms with Crippen LogP contribution in [0.5, 0.6) is 5.75 Å². The molecule has 0 saturated heterocycles. The van der Waals surface area contributed by atoms with Crippen LogP contribution in [0.15, 0.2) is 194 Å². The summed E-state index contributed by atoms with van der Waals surface area (Å²) in [6.45, 7) is 0. The van der Waals surface area contributed by atoms with Crippen LogP contribution in [0.1, 0.15) is 0 Å². The van der Waals surface area contributed by atoms with E-state index in [2.05, 4.69) is 30.7 Å². The highest BCUT2D eigenvalue weighted by Gasteiger charge is 2.21. The van der Waals surface area contributed by atoms with Gasteiger partial charge in [0.2, 0.25) is 0 Å². The number of carbonyl (C=O) groups excluding carboxylic acids is 1. The second-order valence-corrected chi connectivity index (χ2v) is 9.84. The first-order chi connectivity index (χ1) is 22.7. The number of rotatable bonds is 9. The maximum absolute atomic E-state index is 13.7. The van der Waals surface area contributed by atoms with Crippen molar-refractivity contribution in [2.75, 3.05) is 4.90 Å². The molecule has 6 aromatic carbocycles. The molecule has 9 nitrogen and oxygen atoms in total. The molecule has 0 aliphatic heterocycles. The first kappa shape index (κ1) is 29.5. The maximum Gasteiger partial charge on any atom is 0.424 e. The molecule has 46 heavy (non-hydrogen) atoms. The fourth-order valence-electron chi connectivity index (χ4n) is 4.25. The van der Waals surface area contributed by atoms with Gasteiger partial charge in [0.15, 0.2) is 0 Å². The topological polar surface area (TPSA) is 104 Å². The van der Waals surface area contributed by atoms with Gasteiger partial charge in [-0.05, 0) is 109 Å². The van der Waals surface area contributed by atoms with Gasteiger partial charge in [-0.25, -0.2) is 9.69 Å². The van der Waals surface area contributed by atoms with Crippen LogP contribution >= 0.6 is 0 Å². The summed E-state index contributed by atoms with van der Waals surface area (Å²) in [5.74, 6) is 0.357. The Bertz CT molecular complexity index is 1850. The van der Waals surface area contributed by atoms with Crippen molar-refractivity contribution in [1.82, 2.24) is 0 Å². The lowest BCUT2D eigenvalue weighted by molar-refractivity contribution is 0.210. The van der Waals surface area contributed by atoms with Gasteiger partial charge < -0.3 is 4.74 Å². The summed E-state index contributed by atoms with van der Waals surface area (Å²) in [4.78, 5) is 15.1. The molecule has 0 radical (unpaired) electrons. The van der Waals surface area contributed by atoms with Crippen LogP contribution in [-0.4, -0.2) is 6.09 Å². The number of amides is 1. The third-order valence-corrected chi connectivity index (χ3v) is 6.55. The van der Waals surface area contributed by atoms with E-state index in [1.165, 1.54) is 4.90 Å². The Hall–Kier alpha value is -6.61. The van der Waals surface area contributed by atoms with Crippen molar-refractivity contribution >= 4 is 51.6 Å². The zero-order chi connectivity index (χ0) is 31.4. The molecule has 0 heterocycles. The van der Waals surface area contributed by atoms with Crippen molar-refractivity contribution < 1.29 is 9.53 Å². The van der Waals surface area contributed by atoms with E-state index in [-0.39, 0.29) is 0 Å². The van der Waals surface area contributed by atoms with Gasteiger partial charge in [-0.15, -0.1) is 0 Å². The van der Waals surface area contributed by atoms with Gasteiger partial charge in [0.1, 0.15) is 5.75 Å². The summed E-state index contributed by atoms with van der Waals surface area (Å²) in [6.07, 6.45) is -0.601. The molecule has 0 spiro atoms. The van der Waals surface area contributed by atoms with Crippen LogP contribution in [0.25, 0.3) is 0 Å². The Balaban J connectivity index is 1.22. The third-order valence-electron chi connectivity index (χ3n) is 6.55. The molecule has 0 saturated carbocycles. The average molecular weight is 602 g/mol. The van der Waals surface area contributed by atoms with Gasteiger partial charge in [0.25, 0.3) is 0 Å². The molecule has 0 aliphatic rings. The van der Waals surface area contributed by atoms with Gasteiger partial charge >= 0.3 is 6.09 Å². The molecule has 0 fully saturated rings. The van der Waals surface area contributed by atoms with Crippen molar-refractivity contribution in [2.45, 2.75) is 0 Å². The van der Waals surface area contributed by atoms with Gasteiger partial charge in [-0.2, -0.15) is 30.7 Å². The summed E-state index contributed by atoms with van der Waals surface area (Å²) in [6, 6.07) is 49.5. The largest absolute Gasteiger partial charge is 0.424 e. The van der Waals surface area contributed by atoms with Crippen LogP contribution in [0, 0.1) is 0 Å². The number of hydrogen-bond acceptors (Lipinski definition) is 8. The lowest BCUT2D eigenvalue weighted by Crippen LogP contribution is -2.29. The minimum absolute atomic E-state index is 0.357. The molecule has 0 aliphatic carbocycles. The van der Waals surface area contributed by atoms with E-state index in [1.807, 2.05) is 91.0 Å². The van der Waals surface area contributed by atoms with Gasteiger partial charge in [0.05, 0.1) is 45.5 Å². The van der Waals surface area contributed by atoms with E-state index in [1.54, 1.807) is 72.8 Å². The Labute approximate surface area is 265 Å².